The molecule has 6 nitrogen and oxygen atoms in total. The first-order chi connectivity index (χ1) is 12.7. The smallest absolute Gasteiger partial charge is 0.232 e. The van der Waals surface area contributed by atoms with Crippen LogP contribution in [-0.2, 0) is 14.8 Å². The van der Waals surface area contributed by atoms with Crippen LogP contribution in [0, 0.1) is 0 Å². The lowest BCUT2D eigenvalue weighted by molar-refractivity contribution is -0.116. The number of anilines is 2. The number of rotatable bonds is 8. The van der Waals surface area contributed by atoms with Crippen molar-refractivity contribution in [2.24, 2.45) is 0 Å². The number of hydrogen-bond acceptors (Lipinski definition) is 4. The number of carbonyl (C=O) groups is 1. The van der Waals surface area contributed by atoms with Crippen LogP contribution in [0.2, 0.25) is 10.0 Å². The van der Waals surface area contributed by atoms with Gasteiger partial charge in [0.2, 0.25) is 15.9 Å². The first-order valence-corrected chi connectivity index (χ1v) is 10.7. The van der Waals surface area contributed by atoms with Crippen LogP contribution in [0.5, 0.6) is 5.75 Å². The number of hydrogen-bond donors (Lipinski definition) is 1. The number of amides is 1. The molecule has 0 saturated heterocycles. The molecule has 2 aromatic carbocycles. The third kappa shape index (κ3) is 6.02. The zero-order valence-corrected chi connectivity index (χ0v) is 17.2. The van der Waals surface area contributed by atoms with Gasteiger partial charge in [0.25, 0.3) is 0 Å². The first kappa shape index (κ1) is 21.3. The minimum atomic E-state index is -3.50. The van der Waals surface area contributed by atoms with Gasteiger partial charge in [-0.3, -0.25) is 9.10 Å². The average molecular weight is 431 g/mol. The van der Waals surface area contributed by atoms with E-state index in [-0.39, 0.29) is 23.9 Å². The monoisotopic (exact) mass is 430 g/mol. The molecule has 0 saturated carbocycles. The number of halogens is 2. The van der Waals surface area contributed by atoms with Gasteiger partial charge in [-0.05, 0) is 30.7 Å². The number of nitrogens with zero attached hydrogens (tertiary/aromatic N) is 1. The van der Waals surface area contributed by atoms with Crippen LogP contribution in [0.3, 0.4) is 0 Å². The fraction of sp³-hybridized carbons (Fsp3) is 0.278. The van der Waals surface area contributed by atoms with Crippen LogP contribution < -0.4 is 14.4 Å². The van der Waals surface area contributed by atoms with E-state index >= 15 is 0 Å². The van der Waals surface area contributed by atoms with E-state index in [9.17, 15) is 13.2 Å². The summed E-state index contributed by atoms with van der Waals surface area (Å²) in [6, 6.07) is 11.7. The van der Waals surface area contributed by atoms with Gasteiger partial charge in [0.1, 0.15) is 5.75 Å². The molecular formula is C18H20Cl2N2O4S. The van der Waals surface area contributed by atoms with Gasteiger partial charge in [-0.25, -0.2) is 8.42 Å². The minimum Gasteiger partial charge on any atom is -0.497 e. The molecule has 0 spiro atoms. The largest absolute Gasteiger partial charge is 0.497 e. The number of methoxy groups -OCH3 is 1. The summed E-state index contributed by atoms with van der Waals surface area (Å²) in [6.07, 6.45) is 1.57. The van der Waals surface area contributed by atoms with Crippen molar-refractivity contribution in [3.8, 4) is 5.75 Å². The lowest BCUT2D eigenvalue weighted by atomic mass is 10.2. The molecule has 146 valence electrons. The lowest BCUT2D eigenvalue weighted by Crippen LogP contribution is -2.31. The van der Waals surface area contributed by atoms with Gasteiger partial charge in [0, 0.05) is 19.0 Å². The Morgan fingerprint density at radius 1 is 1.19 bits per heavy atom. The highest BCUT2D eigenvalue weighted by molar-refractivity contribution is 7.92. The molecule has 0 aliphatic heterocycles. The quantitative estimate of drug-likeness (QED) is 0.680. The van der Waals surface area contributed by atoms with Crippen LogP contribution >= 0.6 is 23.2 Å². The summed E-state index contributed by atoms with van der Waals surface area (Å²) in [5.41, 5.74) is 0.900. The number of carbonyl (C=O) groups excluding carboxylic acids is 1. The Hall–Kier alpha value is -1.96. The molecule has 0 bridgehead atoms. The van der Waals surface area contributed by atoms with E-state index < -0.39 is 10.0 Å². The van der Waals surface area contributed by atoms with Crippen LogP contribution in [0.25, 0.3) is 0 Å². The molecular weight excluding hydrogens is 411 g/mol. The van der Waals surface area contributed by atoms with Crippen molar-refractivity contribution in [1.29, 1.82) is 0 Å². The minimum absolute atomic E-state index is 0.124. The maximum atomic E-state index is 12.1. The van der Waals surface area contributed by atoms with Gasteiger partial charge in [0.05, 0.1) is 34.8 Å². The third-order valence-corrected chi connectivity index (χ3v) is 5.75. The number of benzene rings is 2. The second kappa shape index (κ2) is 9.30. The van der Waals surface area contributed by atoms with E-state index in [1.165, 1.54) is 11.4 Å². The zero-order valence-electron chi connectivity index (χ0n) is 14.9. The predicted molar refractivity (Wildman–Crippen MR) is 110 cm³/mol. The van der Waals surface area contributed by atoms with Crippen LogP contribution in [-0.4, -0.2) is 34.2 Å². The SMILES string of the molecule is COc1cccc(N(CCCC(=O)Nc2cccc(Cl)c2Cl)S(C)(=O)=O)c1. The van der Waals surface area contributed by atoms with Gasteiger partial charge in [0.15, 0.2) is 0 Å². The van der Waals surface area contributed by atoms with Crippen LogP contribution in [0.15, 0.2) is 42.5 Å². The molecule has 27 heavy (non-hydrogen) atoms. The molecule has 0 radical (unpaired) electrons. The van der Waals surface area contributed by atoms with Gasteiger partial charge >= 0.3 is 0 Å². The van der Waals surface area contributed by atoms with Crippen molar-refractivity contribution in [3.05, 3.63) is 52.5 Å². The van der Waals surface area contributed by atoms with Crippen molar-refractivity contribution < 1.29 is 17.9 Å². The Morgan fingerprint density at radius 2 is 1.89 bits per heavy atom. The van der Waals surface area contributed by atoms with E-state index in [0.29, 0.717) is 28.6 Å². The molecule has 0 aliphatic carbocycles. The molecule has 1 amide bonds. The Labute approximate surface area is 169 Å². The first-order valence-electron chi connectivity index (χ1n) is 8.08. The molecule has 0 unspecified atom stereocenters. The van der Waals surface area contributed by atoms with E-state index in [1.807, 2.05) is 0 Å². The summed E-state index contributed by atoms with van der Waals surface area (Å²) in [7, 11) is -2.00. The Kier molecular flexibility index (Phi) is 7.35. The van der Waals surface area contributed by atoms with Gasteiger partial charge in [-0.2, -0.15) is 0 Å². The summed E-state index contributed by atoms with van der Waals surface area (Å²) in [4.78, 5) is 12.1. The number of ether oxygens (including phenoxy) is 1. The predicted octanol–water partition coefficient (Wildman–Crippen LogP) is 4.19. The molecule has 2 rings (SSSR count). The summed E-state index contributed by atoms with van der Waals surface area (Å²) in [6.45, 7) is 0.155. The highest BCUT2D eigenvalue weighted by Crippen LogP contribution is 2.29. The van der Waals surface area contributed by atoms with Crippen LogP contribution in [0.4, 0.5) is 11.4 Å². The molecule has 1 N–H and O–H groups in total. The number of nitrogens with one attached hydrogen (secondary N) is 1. The number of sulfonamides is 1. The average Bonchev–Trinajstić information content (AvgIpc) is 2.61. The molecule has 0 atom stereocenters. The topological polar surface area (TPSA) is 75.7 Å². The van der Waals surface area contributed by atoms with E-state index in [2.05, 4.69) is 5.32 Å². The Bertz CT molecular complexity index is 919. The van der Waals surface area contributed by atoms with Crippen molar-refractivity contribution in [1.82, 2.24) is 0 Å². The second-order valence-electron chi connectivity index (χ2n) is 5.79. The second-order valence-corrected chi connectivity index (χ2v) is 8.48. The molecule has 0 aromatic heterocycles. The van der Waals surface area contributed by atoms with Gasteiger partial charge in [-0.15, -0.1) is 0 Å². The molecule has 0 aliphatic rings. The van der Waals surface area contributed by atoms with Gasteiger partial charge < -0.3 is 10.1 Å². The normalized spacial score (nSPS) is 11.1. The molecule has 0 heterocycles. The van der Waals surface area contributed by atoms with Crippen molar-refractivity contribution in [3.63, 3.8) is 0 Å². The van der Waals surface area contributed by atoms with Crippen LogP contribution in [0.1, 0.15) is 12.8 Å². The standard InChI is InChI=1S/C18H20Cl2N2O4S/c1-26-14-7-3-6-13(12-14)22(27(2,24)25)11-5-10-17(23)21-16-9-4-8-15(19)18(16)20/h3-4,6-9,12H,5,10-11H2,1-2H3,(H,21,23). The van der Waals surface area contributed by atoms with E-state index in [0.717, 1.165) is 6.26 Å². The van der Waals surface area contributed by atoms with Crippen molar-refractivity contribution >= 4 is 50.5 Å². The van der Waals surface area contributed by atoms with E-state index in [4.69, 9.17) is 27.9 Å². The van der Waals surface area contributed by atoms with Crippen molar-refractivity contribution in [2.75, 3.05) is 29.5 Å². The van der Waals surface area contributed by atoms with Crippen molar-refractivity contribution in [2.45, 2.75) is 12.8 Å². The Morgan fingerprint density at radius 3 is 2.56 bits per heavy atom. The zero-order chi connectivity index (χ0) is 20.0. The molecule has 2 aromatic rings. The summed E-state index contributed by atoms with van der Waals surface area (Å²) in [5.74, 6) is 0.271. The summed E-state index contributed by atoms with van der Waals surface area (Å²) < 4.78 is 30.6. The van der Waals surface area contributed by atoms with E-state index in [1.54, 1.807) is 42.5 Å². The fourth-order valence-corrected chi connectivity index (χ4v) is 3.75. The Balaban J connectivity index is 2.01. The summed E-state index contributed by atoms with van der Waals surface area (Å²) in [5, 5.41) is 3.29. The lowest BCUT2D eigenvalue weighted by Gasteiger charge is -2.22. The fourth-order valence-electron chi connectivity index (χ4n) is 2.45. The maximum absolute atomic E-state index is 12.1. The molecule has 9 heteroatoms. The summed E-state index contributed by atoms with van der Waals surface area (Å²) >= 11 is 12.0. The highest BCUT2D eigenvalue weighted by atomic mass is 35.5. The van der Waals surface area contributed by atoms with Gasteiger partial charge in [-0.1, -0.05) is 35.3 Å². The maximum Gasteiger partial charge on any atom is 0.232 e. The molecule has 0 fully saturated rings. The third-order valence-electron chi connectivity index (χ3n) is 3.73. The highest BCUT2D eigenvalue weighted by Gasteiger charge is 2.18.